The third-order valence-electron chi connectivity index (χ3n) is 4.86. The molecule has 1 saturated carbocycles. The van der Waals surface area contributed by atoms with Gasteiger partial charge in [-0.05, 0) is 43.9 Å². The minimum absolute atomic E-state index is 0.232. The third kappa shape index (κ3) is 2.16. The molecule has 0 aromatic carbocycles. The number of nitrogens with zero attached hydrogens (tertiary/aromatic N) is 2. The Morgan fingerprint density at radius 1 is 1.19 bits per heavy atom. The predicted octanol–water partition coefficient (Wildman–Crippen LogP) is 4.17. The van der Waals surface area contributed by atoms with Crippen LogP contribution in [0.4, 0.5) is 0 Å². The number of fused-ring (bicyclic) bond motifs is 3. The second-order valence-electron chi connectivity index (χ2n) is 6.10. The molecule has 0 amide bonds. The second kappa shape index (κ2) is 5.43. The average molecular weight is 320 g/mol. The molecule has 5 heteroatoms. The van der Waals surface area contributed by atoms with Crippen molar-refractivity contribution in [1.29, 1.82) is 0 Å². The number of rotatable bonds is 2. The summed E-state index contributed by atoms with van der Waals surface area (Å²) in [6, 6.07) is 0.363. The zero-order valence-corrected chi connectivity index (χ0v) is 14.0. The Hall–Kier alpha value is -0.810. The lowest BCUT2D eigenvalue weighted by atomic mass is 9.95. The highest BCUT2D eigenvalue weighted by atomic mass is 32.2. The minimum Gasteiger partial charge on any atom is -0.284 e. The standard InChI is InChI=1S/C16H20N2OS2/c1-20-16-17-14-13(11-8-5-9-12(11)21-14)15(19)18(16)10-6-3-2-4-7-10/h10H,2-9H2,1H3. The lowest BCUT2D eigenvalue weighted by molar-refractivity contribution is 0.326. The van der Waals surface area contributed by atoms with Crippen molar-refractivity contribution in [3.8, 4) is 0 Å². The largest absolute Gasteiger partial charge is 0.284 e. The second-order valence-corrected chi connectivity index (χ2v) is 7.96. The van der Waals surface area contributed by atoms with Crippen molar-refractivity contribution in [2.45, 2.75) is 62.6 Å². The van der Waals surface area contributed by atoms with Gasteiger partial charge in [0, 0.05) is 10.9 Å². The van der Waals surface area contributed by atoms with E-state index in [1.165, 1.54) is 36.1 Å². The smallest absolute Gasteiger partial charge is 0.263 e. The Kier molecular flexibility index (Phi) is 3.58. The van der Waals surface area contributed by atoms with Crippen LogP contribution in [-0.2, 0) is 12.8 Å². The molecule has 112 valence electrons. The molecule has 0 bridgehead atoms. The van der Waals surface area contributed by atoms with Crippen molar-refractivity contribution >= 4 is 33.3 Å². The maximum absolute atomic E-state index is 13.1. The highest BCUT2D eigenvalue weighted by Crippen LogP contribution is 2.37. The van der Waals surface area contributed by atoms with Gasteiger partial charge in [0.05, 0.1) is 5.39 Å². The van der Waals surface area contributed by atoms with E-state index in [-0.39, 0.29) is 5.56 Å². The first-order valence-electron chi connectivity index (χ1n) is 7.90. The van der Waals surface area contributed by atoms with E-state index >= 15 is 0 Å². The van der Waals surface area contributed by atoms with Gasteiger partial charge in [-0.25, -0.2) is 4.98 Å². The van der Waals surface area contributed by atoms with Crippen LogP contribution in [0.5, 0.6) is 0 Å². The monoisotopic (exact) mass is 320 g/mol. The highest BCUT2D eigenvalue weighted by Gasteiger charge is 2.26. The molecule has 0 spiro atoms. The molecule has 2 aliphatic rings. The molecule has 4 rings (SSSR count). The predicted molar refractivity (Wildman–Crippen MR) is 89.8 cm³/mol. The summed E-state index contributed by atoms with van der Waals surface area (Å²) in [5.41, 5.74) is 1.54. The SMILES string of the molecule is CSc1nc2sc3c(c2c(=O)n1C1CCCCC1)CCC3. The highest BCUT2D eigenvalue weighted by molar-refractivity contribution is 7.98. The maximum Gasteiger partial charge on any atom is 0.263 e. The summed E-state index contributed by atoms with van der Waals surface area (Å²) in [4.78, 5) is 20.4. The topological polar surface area (TPSA) is 34.9 Å². The van der Waals surface area contributed by atoms with Crippen LogP contribution in [0.15, 0.2) is 9.95 Å². The molecule has 0 N–H and O–H groups in total. The number of aromatic nitrogens is 2. The van der Waals surface area contributed by atoms with E-state index in [0.29, 0.717) is 6.04 Å². The molecule has 0 aliphatic heterocycles. The molecule has 21 heavy (non-hydrogen) atoms. The number of thiophene rings is 1. The van der Waals surface area contributed by atoms with Crippen molar-refractivity contribution < 1.29 is 0 Å². The van der Waals surface area contributed by atoms with Gasteiger partial charge in [-0.3, -0.25) is 9.36 Å². The molecule has 2 aliphatic carbocycles. The van der Waals surface area contributed by atoms with Gasteiger partial charge < -0.3 is 0 Å². The van der Waals surface area contributed by atoms with Gasteiger partial charge in [-0.1, -0.05) is 31.0 Å². The van der Waals surface area contributed by atoms with E-state index in [1.807, 2.05) is 10.8 Å². The fourth-order valence-corrected chi connectivity index (χ4v) is 5.76. The van der Waals surface area contributed by atoms with Crippen LogP contribution < -0.4 is 5.56 Å². The molecular formula is C16H20N2OS2. The molecule has 0 saturated heterocycles. The molecule has 0 radical (unpaired) electrons. The van der Waals surface area contributed by atoms with Gasteiger partial charge >= 0.3 is 0 Å². The first-order chi connectivity index (χ1) is 10.3. The van der Waals surface area contributed by atoms with Crippen LogP contribution in [0, 0.1) is 0 Å². The van der Waals surface area contributed by atoms with Gasteiger partial charge in [-0.2, -0.15) is 0 Å². The van der Waals surface area contributed by atoms with E-state index in [2.05, 4.69) is 0 Å². The van der Waals surface area contributed by atoms with Gasteiger partial charge in [-0.15, -0.1) is 11.3 Å². The molecular weight excluding hydrogens is 300 g/mol. The molecule has 0 atom stereocenters. The van der Waals surface area contributed by atoms with Crippen molar-refractivity contribution in [2.75, 3.05) is 6.26 Å². The summed E-state index contributed by atoms with van der Waals surface area (Å²) in [7, 11) is 0. The average Bonchev–Trinajstić information content (AvgIpc) is 3.08. The minimum atomic E-state index is 0.232. The summed E-state index contributed by atoms with van der Waals surface area (Å²) in [6.07, 6.45) is 11.5. The van der Waals surface area contributed by atoms with Gasteiger partial charge in [0.25, 0.3) is 5.56 Å². The molecule has 2 aromatic rings. The van der Waals surface area contributed by atoms with E-state index in [1.54, 1.807) is 23.1 Å². The first-order valence-corrected chi connectivity index (χ1v) is 9.94. The zero-order valence-electron chi connectivity index (χ0n) is 12.4. The molecule has 2 heterocycles. The summed E-state index contributed by atoms with van der Waals surface area (Å²) in [5.74, 6) is 0. The Labute approximate surface area is 132 Å². The summed E-state index contributed by atoms with van der Waals surface area (Å²) >= 11 is 3.37. The normalized spacial score (nSPS) is 19.3. The molecule has 0 unspecified atom stereocenters. The van der Waals surface area contributed by atoms with Crippen LogP contribution >= 0.6 is 23.1 Å². The molecule has 1 fully saturated rings. The van der Waals surface area contributed by atoms with Crippen LogP contribution in [0.1, 0.15) is 55.0 Å². The summed E-state index contributed by atoms with van der Waals surface area (Å²) < 4.78 is 2.03. The van der Waals surface area contributed by atoms with Crippen molar-refractivity contribution in [1.82, 2.24) is 9.55 Å². The third-order valence-corrected chi connectivity index (χ3v) is 6.70. The zero-order chi connectivity index (χ0) is 14.4. The maximum atomic E-state index is 13.1. The quantitative estimate of drug-likeness (QED) is 0.615. The van der Waals surface area contributed by atoms with Crippen molar-refractivity contribution in [3.63, 3.8) is 0 Å². The first kappa shape index (κ1) is 13.8. The Morgan fingerprint density at radius 3 is 2.76 bits per heavy atom. The van der Waals surface area contributed by atoms with E-state index in [9.17, 15) is 4.79 Å². The molecule has 2 aromatic heterocycles. The van der Waals surface area contributed by atoms with Crippen LogP contribution in [-0.4, -0.2) is 15.8 Å². The van der Waals surface area contributed by atoms with Gasteiger partial charge in [0.2, 0.25) is 0 Å². The van der Waals surface area contributed by atoms with E-state index in [0.717, 1.165) is 41.1 Å². The Morgan fingerprint density at radius 2 is 2.00 bits per heavy atom. The van der Waals surface area contributed by atoms with Gasteiger partial charge in [0.15, 0.2) is 5.16 Å². The molecule has 3 nitrogen and oxygen atoms in total. The lowest BCUT2D eigenvalue weighted by Gasteiger charge is -2.25. The number of thioether (sulfide) groups is 1. The summed E-state index contributed by atoms with van der Waals surface area (Å²) in [6.45, 7) is 0. The van der Waals surface area contributed by atoms with Crippen LogP contribution in [0.2, 0.25) is 0 Å². The number of hydrogen-bond donors (Lipinski definition) is 0. The summed E-state index contributed by atoms with van der Waals surface area (Å²) in [5, 5.41) is 1.86. The van der Waals surface area contributed by atoms with Gasteiger partial charge in [0.1, 0.15) is 4.83 Å². The van der Waals surface area contributed by atoms with Crippen LogP contribution in [0.25, 0.3) is 10.2 Å². The van der Waals surface area contributed by atoms with Crippen LogP contribution in [0.3, 0.4) is 0 Å². The van der Waals surface area contributed by atoms with Crippen molar-refractivity contribution in [2.24, 2.45) is 0 Å². The fraction of sp³-hybridized carbons (Fsp3) is 0.625. The Bertz CT molecular complexity index is 741. The van der Waals surface area contributed by atoms with E-state index < -0.39 is 0 Å². The van der Waals surface area contributed by atoms with E-state index in [4.69, 9.17) is 4.98 Å². The van der Waals surface area contributed by atoms with Crippen molar-refractivity contribution in [3.05, 3.63) is 20.8 Å². The number of aryl methyl sites for hydroxylation is 2. The Balaban J connectivity index is 1.95. The number of hydrogen-bond acceptors (Lipinski definition) is 4. The fourth-order valence-electron chi connectivity index (χ4n) is 3.84. The lowest BCUT2D eigenvalue weighted by Crippen LogP contribution is -2.28.